The second-order valence-electron chi connectivity index (χ2n) is 2.81. The number of hydrogen-bond donors (Lipinski definition) is 0. The molecule has 0 amide bonds. The third-order valence-electron chi connectivity index (χ3n) is 1.64. The van der Waals surface area contributed by atoms with Gasteiger partial charge >= 0.3 is 0 Å². The molecule has 0 aromatic heterocycles. The van der Waals surface area contributed by atoms with Gasteiger partial charge in [-0.05, 0) is 36.8 Å². The van der Waals surface area contributed by atoms with Gasteiger partial charge in [-0.2, -0.15) is 0 Å². The molecule has 0 saturated carbocycles. The molecule has 2 rings (SSSR count). The third-order valence-corrected chi connectivity index (χ3v) is 2.16. The molecule has 2 aromatic rings. The van der Waals surface area contributed by atoms with E-state index in [9.17, 15) is 4.39 Å². The highest BCUT2D eigenvalue weighted by atomic mass is 79.9. The molecule has 0 spiro atoms. The van der Waals surface area contributed by atoms with Gasteiger partial charge in [0.15, 0.2) is 0 Å². The second kappa shape index (κ2) is 6.36. The van der Waals surface area contributed by atoms with Crippen molar-refractivity contribution in [3.8, 4) is 0 Å². The van der Waals surface area contributed by atoms with E-state index in [4.69, 9.17) is 0 Å². The Morgan fingerprint density at radius 2 is 1.67 bits per heavy atom. The van der Waals surface area contributed by atoms with Crippen LogP contribution in [-0.4, -0.2) is 0 Å². The van der Waals surface area contributed by atoms with E-state index in [-0.39, 0.29) is 5.82 Å². The molecule has 76 valence electrons. The summed E-state index contributed by atoms with van der Waals surface area (Å²) >= 11 is 3.29. The summed E-state index contributed by atoms with van der Waals surface area (Å²) < 4.78 is 13.4. The van der Waals surface area contributed by atoms with E-state index < -0.39 is 0 Å². The molecule has 0 saturated heterocycles. The smallest absolute Gasteiger partial charge is 0.126 e. The van der Waals surface area contributed by atoms with Gasteiger partial charge in [-0.3, -0.25) is 0 Å². The number of benzene rings is 2. The number of hydrogen-bond acceptors (Lipinski definition) is 0. The van der Waals surface area contributed by atoms with Crippen LogP contribution < -0.4 is 0 Å². The average Bonchev–Trinajstić information content (AvgIpc) is 2.25. The fraction of sp³-hybridized carbons (Fsp3) is 0. The molecule has 2 heteroatoms. The van der Waals surface area contributed by atoms with Crippen LogP contribution in [0, 0.1) is 18.8 Å². The summed E-state index contributed by atoms with van der Waals surface area (Å²) in [4.78, 5) is 0. The van der Waals surface area contributed by atoms with Crippen molar-refractivity contribution >= 4 is 15.9 Å². The van der Waals surface area contributed by atoms with Crippen molar-refractivity contribution in [3.05, 3.63) is 77.4 Å². The molecular formula is C13H10BrF. The molecule has 0 heterocycles. The van der Waals surface area contributed by atoms with Crippen molar-refractivity contribution in [3.63, 3.8) is 0 Å². The van der Waals surface area contributed by atoms with E-state index in [2.05, 4.69) is 28.9 Å². The van der Waals surface area contributed by atoms with Gasteiger partial charge in [-0.1, -0.05) is 46.3 Å². The van der Waals surface area contributed by atoms with E-state index in [0.29, 0.717) is 5.56 Å². The zero-order valence-electron chi connectivity index (χ0n) is 8.08. The van der Waals surface area contributed by atoms with Crippen molar-refractivity contribution in [1.29, 1.82) is 0 Å². The summed E-state index contributed by atoms with van der Waals surface area (Å²) in [6, 6.07) is 16.9. The lowest BCUT2D eigenvalue weighted by Crippen LogP contribution is -1.76. The summed E-state index contributed by atoms with van der Waals surface area (Å²) in [7, 11) is 0. The van der Waals surface area contributed by atoms with Crippen molar-refractivity contribution < 1.29 is 4.39 Å². The first-order valence-corrected chi connectivity index (χ1v) is 5.17. The molecule has 2 radical (unpaired) electrons. The first-order chi connectivity index (χ1) is 7.20. The summed E-state index contributed by atoms with van der Waals surface area (Å²) in [6.07, 6.45) is 0. The normalized spacial score (nSPS) is 9.00. The van der Waals surface area contributed by atoms with Crippen LogP contribution in [-0.2, 0) is 0 Å². The highest BCUT2D eigenvalue weighted by Gasteiger charge is 1.88. The maximum atomic E-state index is 12.3. The Labute approximate surface area is 97.9 Å². The lowest BCUT2D eigenvalue weighted by Gasteiger charge is -1.89. The van der Waals surface area contributed by atoms with Crippen LogP contribution in [0.25, 0.3) is 0 Å². The molecule has 15 heavy (non-hydrogen) atoms. The standard InChI is InChI=1S/C7H6F.C6H4Br/c1-6-4-2-3-5-7(6)8;7-6-4-2-1-3-5-6/h2-5H,1H2;2-5H. The van der Waals surface area contributed by atoms with Gasteiger partial charge in [-0.15, -0.1) is 0 Å². The van der Waals surface area contributed by atoms with Gasteiger partial charge in [0.2, 0.25) is 0 Å². The molecule has 0 aliphatic carbocycles. The summed E-state index contributed by atoms with van der Waals surface area (Å²) in [6.45, 7) is 3.45. The van der Waals surface area contributed by atoms with E-state index in [1.54, 1.807) is 18.2 Å². The predicted octanol–water partition coefficient (Wildman–Crippen LogP) is 4.26. The molecule has 0 bridgehead atoms. The molecule has 0 fully saturated rings. The van der Waals surface area contributed by atoms with Crippen molar-refractivity contribution in [2.24, 2.45) is 0 Å². The Morgan fingerprint density at radius 3 is 2.00 bits per heavy atom. The molecule has 0 unspecified atom stereocenters. The van der Waals surface area contributed by atoms with Crippen LogP contribution >= 0.6 is 15.9 Å². The molecule has 0 aliphatic rings. The summed E-state index contributed by atoms with van der Waals surface area (Å²) in [5, 5.41) is 0. The van der Waals surface area contributed by atoms with Gasteiger partial charge in [0, 0.05) is 4.47 Å². The van der Waals surface area contributed by atoms with Gasteiger partial charge in [-0.25, -0.2) is 4.39 Å². The van der Waals surface area contributed by atoms with Crippen molar-refractivity contribution in [1.82, 2.24) is 0 Å². The number of rotatable bonds is 0. The Hall–Kier alpha value is -1.15. The maximum absolute atomic E-state index is 12.3. The Balaban J connectivity index is 0.000000151. The minimum absolute atomic E-state index is 0.243. The molecule has 0 aliphatic heterocycles. The minimum atomic E-state index is -0.243. The largest absolute Gasteiger partial charge is 0.207 e. The lowest BCUT2D eigenvalue weighted by molar-refractivity contribution is 0.623. The predicted molar refractivity (Wildman–Crippen MR) is 63.8 cm³/mol. The van der Waals surface area contributed by atoms with E-state index >= 15 is 0 Å². The first kappa shape index (κ1) is 11.9. The highest BCUT2D eigenvalue weighted by molar-refractivity contribution is 9.10. The Bertz CT molecular complexity index is 377. The van der Waals surface area contributed by atoms with E-state index in [1.807, 2.05) is 24.3 Å². The molecule has 0 N–H and O–H groups in total. The zero-order valence-corrected chi connectivity index (χ0v) is 9.67. The SMILES string of the molecule is Brc1cc[c]cc1.[CH2]c1ccccc1F. The molecular weight excluding hydrogens is 255 g/mol. The molecule has 0 atom stereocenters. The fourth-order valence-corrected chi connectivity index (χ4v) is 1.13. The van der Waals surface area contributed by atoms with Gasteiger partial charge in [0.05, 0.1) is 0 Å². The van der Waals surface area contributed by atoms with Crippen molar-refractivity contribution in [2.45, 2.75) is 0 Å². The Kier molecular flexibility index (Phi) is 5.05. The van der Waals surface area contributed by atoms with Gasteiger partial charge < -0.3 is 0 Å². The van der Waals surface area contributed by atoms with Gasteiger partial charge in [0.1, 0.15) is 5.82 Å². The monoisotopic (exact) mass is 264 g/mol. The zero-order chi connectivity index (χ0) is 11.1. The van der Waals surface area contributed by atoms with Crippen molar-refractivity contribution in [2.75, 3.05) is 0 Å². The van der Waals surface area contributed by atoms with Crippen LogP contribution in [0.2, 0.25) is 0 Å². The van der Waals surface area contributed by atoms with Crippen LogP contribution in [0.15, 0.2) is 53.0 Å². The van der Waals surface area contributed by atoms with Crippen LogP contribution in [0.5, 0.6) is 0 Å². The van der Waals surface area contributed by atoms with Crippen LogP contribution in [0.3, 0.4) is 0 Å². The van der Waals surface area contributed by atoms with E-state index in [1.165, 1.54) is 6.07 Å². The second-order valence-corrected chi connectivity index (χ2v) is 3.73. The summed E-state index contributed by atoms with van der Waals surface area (Å²) in [5.74, 6) is -0.243. The summed E-state index contributed by atoms with van der Waals surface area (Å²) in [5.41, 5.74) is 0.451. The lowest BCUT2D eigenvalue weighted by atomic mass is 10.2. The average molecular weight is 265 g/mol. The molecule has 2 aromatic carbocycles. The third kappa shape index (κ3) is 4.75. The van der Waals surface area contributed by atoms with E-state index in [0.717, 1.165) is 4.47 Å². The Morgan fingerprint density at radius 1 is 1.07 bits per heavy atom. The minimum Gasteiger partial charge on any atom is -0.207 e. The van der Waals surface area contributed by atoms with Gasteiger partial charge in [0.25, 0.3) is 0 Å². The maximum Gasteiger partial charge on any atom is 0.126 e. The highest BCUT2D eigenvalue weighted by Crippen LogP contribution is 2.04. The topological polar surface area (TPSA) is 0 Å². The fourth-order valence-electron chi connectivity index (χ4n) is 0.865. The quantitative estimate of drug-likeness (QED) is 0.667. The van der Waals surface area contributed by atoms with Crippen LogP contribution in [0.4, 0.5) is 4.39 Å². The number of halogens is 2. The first-order valence-electron chi connectivity index (χ1n) is 4.38. The molecule has 0 nitrogen and oxygen atoms in total. The van der Waals surface area contributed by atoms with Crippen LogP contribution in [0.1, 0.15) is 5.56 Å².